The van der Waals surface area contributed by atoms with Crippen LogP contribution in [-0.4, -0.2) is 29.8 Å². The number of aromatic nitrogens is 2. The summed E-state index contributed by atoms with van der Waals surface area (Å²) in [6.07, 6.45) is -0.201. The lowest BCUT2D eigenvalue weighted by atomic mass is 9.91. The number of hydrogen-bond acceptors (Lipinski definition) is 5. The summed E-state index contributed by atoms with van der Waals surface area (Å²) in [6.45, 7) is 4.59. The number of nitrogens with one attached hydrogen (secondary N) is 1. The summed E-state index contributed by atoms with van der Waals surface area (Å²) < 4.78 is 38.3. The lowest BCUT2D eigenvalue weighted by Gasteiger charge is -2.17. The molecule has 3 N–H and O–H groups in total. The number of nitrogens with two attached hydrogens (primary N) is 1. The van der Waals surface area contributed by atoms with Gasteiger partial charge < -0.3 is 11.1 Å². The minimum Gasteiger partial charge on any atom is -0.372 e. The molecule has 2 unspecified atom stereocenters. The van der Waals surface area contributed by atoms with Gasteiger partial charge in [-0.2, -0.15) is 18.2 Å². The van der Waals surface area contributed by atoms with Crippen LogP contribution in [0.1, 0.15) is 32.3 Å². The van der Waals surface area contributed by atoms with Crippen molar-refractivity contribution in [1.29, 1.82) is 0 Å². The Morgan fingerprint density at radius 2 is 2.14 bits per heavy atom. The Morgan fingerprint density at radius 1 is 1.45 bits per heavy atom. The Morgan fingerprint density at radius 3 is 2.64 bits per heavy atom. The molecular formula is C14H22F3N5. The maximum absolute atomic E-state index is 12.8. The highest BCUT2D eigenvalue weighted by molar-refractivity contribution is 5.64. The van der Waals surface area contributed by atoms with Gasteiger partial charge in [0.15, 0.2) is 0 Å². The number of rotatable bonds is 7. The predicted molar refractivity (Wildman–Crippen MR) is 81.3 cm³/mol. The van der Waals surface area contributed by atoms with Gasteiger partial charge in [-0.15, -0.1) is 0 Å². The molecule has 1 heterocycles. The molecule has 0 aliphatic carbocycles. The molecule has 124 valence electrons. The zero-order valence-corrected chi connectivity index (χ0v) is 13.0. The highest BCUT2D eigenvalue weighted by Crippen LogP contribution is 2.33. The lowest BCUT2D eigenvalue weighted by molar-refractivity contribution is -0.137. The van der Waals surface area contributed by atoms with E-state index < -0.39 is 11.7 Å². The van der Waals surface area contributed by atoms with Crippen molar-refractivity contribution < 1.29 is 13.2 Å². The Kier molecular flexibility index (Phi) is 6.73. The molecule has 0 fully saturated rings. The molecule has 0 saturated carbocycles. The van der Waals surface area contributed by atoms with Gasteiger partial charge in [0, 0.05) is 19.5 Å². The molecule has 2 atom stereocenters. The summed E-state index contributed by atoms with van der Waals surface area (Å²) >= 11 is 0. The van der Waals surface area contributed by atoms with E-state index in [-0.39, 0.29) is 23.6 Å². The lowest BCUT2D eigenvalue weighted by Crippen LogP contribution is -2.21. The van der Waals surface area contributed by atoms with Gasteiger partial charge in [-0.05, 0) is 24.8 Å². The third kappa shape index (κ3) is 4.94. The second kappa shape index (κ2) is 8.07. The average molecular weight is 317 g/mol. The number of hydrogen-bond donors (Lipinski definition) is 2. The molecule has 1 rings (SSSR count). The van der Waals surface area contributed by atoms with Gasteiger partial charge in [-0.3, -0.25) is 0 Å². The molecule has 5 nitrogen and oxygen atoms in total. The monoisotopic (exact) mass is 317 g/mol. The van der Waals surface area contributed by atoms with Gasteiger partial charge in [0.25, 0.3) is 5.95 Å². The van der Waals surface area contributed by atoms with Gasteiger partial charge in [-0.1, -0.05) is 20.3 Å². The molecular weight excluding hydrogens is 295 g/mol. The first-order chi connectivity index (χ1) is 10.3. The van der Waals surface area contributed by atoms with Crippen molar-refractivity contribution in [2.75, 3.05) is 18.9 Å². The maximum Gasteiger partial charge on any atom is 0.421 e. The third-order valence-electron chi connectivity index (χ3n) is 3.42. The number of halogens is 3. The average Bonchev–Trinajstić information content (AvgIpc) is 2.49. The predicted octanol–water partition coefficient (Wildman–Crippen LogP) is 3.25. The molecule has 0 saturated heterocycles. The van der Waals surface area contributed by atoms with E-state index in [1.54, 1.807) is 6.21 Å². The summed E-state index contributed by atoms with van der Waals surface area (Å²) in [7, 11) is 1.38. The van der Waals surface area contributed by atoms with E-state index in [9.17, 15) is 13.2 Å². The van der Waals surface area contributed by atoms with Crippen LogP contribution in [0.3, 0.4) is 0 Å². The normalized spacial score (nSPS) is 15.0. The summed E-state index contributed by atoms with van der Waals surface area (Å²) in [5, 5.41) is 2.42. The molecule has 0 aromatic carbocycles. The molecule has 0 spiro atoms. The molecule has 0 aliphatic heterocycles. The molecule has 1 aromatic rings. The minimum absolute atomic E-state index is 0.00248. The van der Waals surface area contributed by atoms with Gasteiger partial charge in [0.1, 0.15) is 11.4 Å². The Bertz CT molecular complexity index is 502. The summed E-state index contributed by atoms with van der Waals surface area (Å²) in [5.41, 5.74) is 4.75. The number of aliphatic imine (C=N–C) groups is 1. The molecule has 8 heteroatoms. The van der Waals surface area contributed by atoms with Crippen molar-refractivity contribution in [3.8, 4) is 0 Å². The maximum atomic E-state index is 12.8. The van der Waals surface area contributed by atoms with Crippen molar-refractivity contribution in [2.45, 2.75) is 32.9 Å². The fraction of sp³-hybridized carbons (Fsp3) is 0.643. The van der Waals surface area contributed by atoms with Gasteiger partial charge >= 0.3 is 6.18 Å². The zero-order chi connectivity index (χ0) is 16.8. The molecule has 0 amide bonds. The van der Waals surface area contributed by atoms with E-state index in [1.165, 1.54) is 7.05 Å². The van der Waals surface area contributed by atoms with E-state index >= 15 is 0 Å². The van der Waals surface area contributed by atoms with Crippen molar-refractivity contribution in [3.05, 3.63) is 11.8 Å². The van der Waals surface area contributed by atoms with Crippen molar-refractivity contribution >= 4 is 18.0 Å². The van der Waals surface area contributed by atoms with Crippen molar-refractivity contribution in [3.63, 3.8) is 0 Å². The SMILES string of the molecule is CCCC(/C=N/c1ncc(C(F)(F)F)c(NC)n1)C(C)CN. The Labute approximate surface area is 128 Å². The van der Waals surface area contributed by atoms with Crippen LogP contribution in [0.15, 0.2) is 11.2 Å². The van der Waals surface area contributed by atoms with Crippen LogP contribution in [0.25, 0.3) is 0 Å². The Hall–Kier alpha value is -1.70. The van der Waals surface area contributed by atoms with Gasteiger partial charge in [0.05, 0.1) is 0 Å². The summed E-state index contributed by atoms with van der Waals surface area (Å²) in [5.74, 6) is 0.108. The van der Waals surface area contributed by atoms with Crippen LogP contribution < -0.4 is 11.1 Å². The van der Waals surface area contributed by atoms with E-state index in [0.29, 0.717) is 6.54 Å². The quantitative estimate of drug-likeness (QED) is 0.757. The van der Waals surface area contributed by atoms with E-state index in [0.717, 1.165) is 19.0 Å². The van der Waals surface area contributed by atoms with E-state index in [2.05, 4.69) is 27.2 Å². The molecule has 22 heavy (non-hydrogen) atoms. The first-order valence-corrected chi connectivity index (χ1v) is 7.19. The van der Waals surface area contributed by atoms with Crippen LogP contribution in [0.4, 0.5) is 24.9 Å². The number of anilines is 1. The fourth-order valence-electron chi connectivity index (χ4n) is 2.01. The topological polar surface area (TPSA) is 76.2 Å². The molecule has 0 bridgehead atoms. The summed E-state index contributed by atoms with van der Waals surface area (Å²) in [4.78, 5) is 11.6. The van der Waals surface area contributed by atoms with Crippen LogP contribution >= 0.6 is 0 Å². The highest BCUT2D eigenvalue weighted by atomic mass is 19.4. The number of alkyl halides is 3. The van der Waals surface area contributed by atoms with Crippen LogP contribution in [-0.2, 0) is 6.18 Å². The number of nitrogens with zero attached hydrogens (tertiary/aromatic N) is 3. The smallest absolute Gasteiger partial charge is 0.372 e. The van der Waals surface area contributed by atoms with Gasteiger partial charge in [0.2, 0.25) is 0 Å². The molecule has 1 aromatic heterocycles. The zero-order valence-electron chi connectivity index (χ0n) is 13.0. The minimum atomic E-state index is -4.50. The first kappa shape index (κ1) is 18.3. The first-order valence-electron chi connectivity index (χ1n) is 7.19. The van der Waals surface area contributed by atoms with E-state index in [4.69, 9.17) is 5.73 Å². The van der Waals surface area contributed by atoms with Crippen LogP contribution in [0.2, 0.25) is 0 Å². The second-order valence-electron chi connectivity index (χ2n) is 5.12. The largest absolute Gasteiger partial charge is 0.421 e. The fourth-order valence-corrected chi connectivity index (χ4v) is 2.01. The molecule has 0 aliphatic rings. The van der Waals surface area contributed by atoms with Crippen LogP contribution in [0, 0.1) is 11.8 Å². The Balaban J connectivity index is 3.00. The standard InChI is InChI=1S/C14H22F3N5/c1-4-5-10(9(2)6-18)7-20-13-21-8-11(14(15,16)17)12(19-3)22-13/h7-10H,4-6,18H2,1-3H3,(H,19,21,22)/b20-7+. The van der Waals surface area contributed by atoms with E-state index in [1.807, 2.05) is 6.92 Å². The summed E-state index contributed by atoms with van der Waals surface area (Å²) in [6, 6.07) is 0. The van der Waals surface area contributed by atoms with Gasteiger partial charge in [-0.25, -0.2) is 9.98 Å². The molecule has 0 radical (unpaired) electrons. The third-order valence-corrected chi connectivity index (χ3v) is 3.42. The van der Waals surface area contributed by atoms with Crippen molar-refractivity contribution in [2.24, 2.45) is 22.6 Å². The highest BCUT2D eigenvalue weighted by Gasteiger charge is 2.35. The van der Waals surface area contributed by atoms with Crippen molar-refractivity contribution in [1.82, 2.24) is 9.97 Å². The second-order valence-corrected chi connectivity index (χ2v) is 5.12. The van der Waals surface area contributed by atoms with Crippen LogP contribution in [0.5, 0.6) is 0 Å².